The normalized spacial score (nSPS) is 15.0. The molecule has 0 aromatic heterocycles. The zero-order chi connectivity index (χ0) is 7.44. The van der Waals surface area contributed by atoms with Crippen molar-refractivity contribution in [3.63, 3.8) is 0 Å². The second kappa shape index (κ2) is 3.79. The Morgan fingerprint density at radius 1 is 1.33 bits per heavy atom. The number of nitrogens with one attached hydrogen (secondary N) is 1. The number of hydrogen-bond donors (Lipinski definition) is 2. The predicted octanol–water partition coefficient (Wildman–Crippen LogP) is -0.796. The second-order valence-corrected chi connectivity index (χ2v) is 2.35. The van der Waals surface area contributed by atoms with Crippen molar-refractivity contribution >= 4 is 0 Å². The lowest BCUT2D eigenvalue weighted by Gasteiger charge is -2.25. The molecule has 0 heterocycles. The molecular formula is C5H16N4. The molecule has 0 spiro atoms. The molecule has 0 rings (SSSR count). The van der Waals surface area contributed by atoms with Crippen molar-refractivity contribution in [3.8, 4) is 0 Å². The third-order valence-corrected chi connectivity index (χ3v) is 0.969. The summed E-state index contributed by atoms with van der Waals surface area (Å²) in [5.74, 6) is 0. The first-order chi connectivity index (χ1) is 4.04. The Hall–Kier alpha value is -0.160. The Morgan fingerprint density at radius 3 is 1.89 bits per heavy atom. The predicted molar refractivity (Wildman–Crippen MR) is 38.2 cm³/mol. The summed E-state index contributed by atoms with van der Waals surface area (Å²) in [7, 11) is 5.72. The minimum absolute atomic E-state index is 0.0346. The van der Waals surface area contributed by atoms with Crippen LogP contribution in [0.5, 0.6) is 0 Å². The molecular weight excluding hydrogens is 116 g/mol. The number of hydrogen-bond acceptors (Lipinski definition) is 4. The van der Waals surface area contributed by atoms with Crippen molar-refractivity contribution in [2.24, 2.45) is 5.73 Å². The van der Waals surface area contributed by atoms with Crippen molar-refractivity contribution in [1.29, 1.82) is 0 Å². The minimum atomic E-state index is 0.0346. The van der Waals surface area contributed by atoms with E-state index in [0.717, 1.165) is 0 Å². The third kappa shape index (κ3) is 4.35. The SMILES string of the molecule is CC(N)N(C)NN(C)C. The lowest BCUT2D eigenvalue weighted by Crippen LogP contribution is -2.51. The Balaban J connectivity index is 3.38. The molecule has 0 aliphatic carbocycles. The molecule has 0 bridgehead atoms. The van der Waals surface area contributed by atoms with Crippen LogP contribution in [-0.4, -0.2) is 37.3 Å². The van der Waals surface area contributed by atoms with Gasteiger partial charge in [0.05, 0.1) is 6.17 Å². The maximum atomic E-state index is 5.52. The van der Waals surface area contributed by atoms with Gasteiger partial charge in [-0.25, -0.2) is 10.0 Å². The van der Waals surface area contributed by atoms with Gasteiger partial charge >= 0.3 is 0 Å². The van der Waals surface area contributed by atoms with Crippen molar-refractivity contribution in [1.82, 2.24) is 15.6 Å². The lowest BCUT2D eigenvalue weighted by molar-refractivity contribution is 0.0559. The summed E-state index contributed by atoms with van der Waals surface area (Å²) >= 11 is 0. The fraction of sp³-hybridized carbons (Fsp3) is 1.00. The van der Waals surface area contributed by atoms with E-state index in [9.17, 15) is 0 Å². The first-order valence-corrected chi connectivity index (χ1v) is 2.96. The molecule has 0 amide bonds. The van der Waals surface area contributed by atoms with Crippen LogP contribution in [0.2, 0.25) is 0 Å². The Morgan fingerprint density at radius 2 is 1.78 bits per heavy atom. The second-order valence-electron chi connectivity index (χ2n) is 2.35. The van der Waals surface area contributed by atoms with Gasteiger partial charge in [0, 0.05) is 21.1 Å². The molecule has 0 saturated heterocycles. The summed E-state index contributed by atoms with van der Waals surface area (Å²) in [6, 6.07) is 0. The maximum Gasteiger partial charge on any atom is 0.0689 e. The van der Waals surface area contributed by atoms with Gasteiger partial charge in [-0.15, -0.1) is 0 Å². The Kier molecular flexibility index (Phi) is 3.72. The molecule has 1 atom stereocenters. The quantitative estimate of drug-likeness (QED) is 0.390. The summed E-state index contributed by atoms with van der Waals surface area (Å²) < 4.78 is 0. The molecule has 0 radical (unpaired) electrons. The molecule has 0 aromatic carbocycles. The summed E-state index contributed by atoms with van der Waals surface area (Å²) in [5, 5.41) is 3.66. The van der Waals surface area contributed by atoms with Gasteiger partial charge in [-0.3, -0.25) is 0 Å². The molecule has 0 fully saturated rings. The van der Waals surface area contributed by atoms with E-state index in [1.165, 1.54) is 0 Å². The first-order valence-electron chi connectivity index (χ1n) is 2.96. The van der Waals surface area contributed by atoms with Crippen LogP contribution in [0.1, 0.15) is 6.92 Å². The van der Waals surface area contributed by atoms with Gasteiger partial charge in [0.2, 0.25) is 0 Å². The summed E-state index contributed by atoms with van der Waals surface area (Å²) in [4.78, 5) is 0. The van der Waals surface area contributed by atoms with E-state index in [1.54, 1.807) is 0 Å². The van der Waals surface area contributed by atoms with Gasteiger partial charge in [-0.05, 0) is 6.92 Å². The van der Waals surface area contributed by atoms with Crippen molar-refractivity contribution in [3.05, 3.63) is 0 Å². The van der Waals surface area contributed by atoms with E-state index in [2.05, 4.69) is 5.53 Å². The third-order valence-electron chi connectivity index (χ3n) is 0.969. The maximum absolute atomic E-state index is 5.52. The largest absolute Gasteiger partial charge is 0.315 e. The number of rotatable bonds is 3. The average Bonchev–Trinajstić information content (AvgIpc) is 1.63. The van der Waals surface area contributed by atoms with Crippen LogP contribution in [0.25, 0.3) is 0 Å². The number of nitrogens with zero attached hydrogens (tertiary/aromatic N) is 2. The molecule has 3 N–H and O–H groups in total. The number of nitrogens with two attached hydrogens (primary N) is 1. The highest BCUT2D eigenvalue weighted by atomic mass is 15.7. The van der Waals surface area contributed by atoms with Gasteiger partial charge in [-0.2, -0.15) is 5.53 Å². The molecule has 1 unspecified atom stereocenters. The van der Waals surface area contributed by atoms with Crippen LogP contribution in [-0.2, 0) is 0 Å². The summed E-state index contributed by atoms with van der Waals surface area (Å²) in [5.41, 5.74) is 8.50. The average molecular weight is 132 g/mol. The zero-order valence-corrected chi connectivity index (χ0v) is 6.55. The number of hydrazine groups is 2. The Labute approximate surface area is 56.5 Å². The summed E-state index contributed by atoms with van der Waals surface area (Å²) in [6.45, 7) is 1.91. The van der Waals surface area contributed by atoms with E-state index in [-0.39, 0.29) is 6.17 Å². The zero-order valence-electron chi connectivity index (χ0n) is 6.55. The van der Waals surface area contributed by atoms with Crippen LogP contribution in [0.3, 0.4) is 0 Å². The Bertz CT molecular complexity index is 71.4. The standard InChI is InChI=1S/C5H16N4/c1-5(6)9(4)7-8(2)3/h5,7H,6H2,1-4H3. The van der Waals surface area contributed by atoms with Crippen LogP contribution < -0.4 is 11.3 Å². The van der Waals surface area contributed by atoms with Gasteiger partial charge in [0.1, 0.15) is 0 Å². The van der Waals surface area contributed by atoms with Crippen LogP contribution in [0.15, 0.2) is 0 Å². The highest BCUT2D eigenvalue weighted by Crippen LogP contribution is 1.79. The smallest absolute Gasteiger partial charge is 0.0689 e. The molecule has 0 aliphatic rings. The topological polar surface area (TPSA) is 44.5 Å². The monoisotopic (exact) mass is 132 g/mol. The van der Waals surface area contributed by atoms with E-state index >= 15 is 0 Å². The highest BCUT2D eigenvalue weighted by Gasteiger charge is 2.00. The van der Waals surface area contributed by atoms with E-state index in [0.29, 0.717) is 0 Å². The fourth-order valence-corrected chi connectivity index (χ4v) is 0.407. The van der Waals surface area contributed by atoms with Gasteiger partial charge < -0.3 is 5.73 Å². The van der Waals surface area contributed by atoms with Gasteiger partial charge in [-0.1, -0.05) is 0 Å². The lowest BCUT2D eigenvalue weighted by atomic mass is 10.6. The van der Waals surface area contributed by atoms with Crippen LogP contribution in [0.4, 0.5) is 0 Å². The molecule has 0 saturated carbocycles. The van der Waals surface area contributed by atoms with Crippen molar-refractivity contribution in [2.45, 2.75) is 13.1 Å². The molecule has 0 aliphatic heterocycles. The van der Waals surface area contributed by atoms with E-state index in [1.807, 2.05) is 38.1 Å². The molecule has 4 heteroatoms. The van der Waals surface area contributed by atoms with E-state index < -0.39 is 0 Å². The summed E-state index contributed by atoms with van der Waals surface area (Å²) in [6.07, 6.45) is 0.0346. The van der Waals surface area contributed by atoms with Crippen molar-refractivity contribution < 1.29 is 0 Å². The molecule has 4 nitrogen and oxygen atoms in total. The van der Waals surface area contributed by atoms with Gasteiger partial charge in [0.25, 0.3) is 0 Å². The molecule has 0 aromatic rings. The molecule has 56 valence electrons. The minimum Gasteiger partial charge on any atom is -0.315 e. The van der Waals surface area contributed by atoms with E-state index in [4.69, 9.17) is 5.73 Å². The molecule has 9 heavy (non-hydrogen) atoms. The van der Waals surface area contributed by atoms with Gasteiger partial charge in [0.15, 0.2) is 0 Å². The first kappa shape index (κ1) is 8.84. The van der Waals surface area contributed by atoms with Crippen LogP contribution in [0, 0.1) is 0 Å². The highest BCUT2D eigenvalue weighted by molar-refractivity contribution is 4.44. The van der Waals surface area contributed by atoms with Crippen LogP contribution >= 0.6 is 0 Å². The van der Waals surface area contributed by atoms with Crippen molar-refractivity contribution in [2.75, 3.05) is 21.1 Å². The fourth-order valence-electron chi connectivity index (χ4n) is 0.407.